The van der Waals surface area contributed by atoms with Crippen LogP contribution in [0.4, 0.5) is 0 Å². The topological polar surface area (TPSA) is 32.4 Å². The molecule has 0 amide bonds. The smallest absolute Gasteiger partial charge is 0.138 e. The largest absolute Gasteiger partial charge is 0.350 e. The molecule has 1 aromatic rings. The highest BCUT2D eigenvalue weighted by atomic mass is 16.6. The second-order valence-electron chi connectivity index (χ2n) is 6.13. The van der Waals surface area contributed by atoms with Gasteiger partial charge in [-0.3, -0.25) is 0 Å². The first-order valence-electron chi connectivity index (χ1n) is 6.53. The lowest BCUT2D eigenvalue weighted by Crippen LogP contribution is -2.43. The highest BCUT2D eigenvalue weighted by Gasteiger charge is 2.43. The van der Waals surface area contributed by atoms with Crippen LogP contribution in [0.1, 0.15) is 46.1 Å². The number of ether oxygens (including phenoxy) is 1. The van der Waals surface area contributed by atoms with Crippen molar-refractivity contribution < 1.29 is 9.94 Å². The van der Waals surface area contributed by atoms with E-state index in [1.807, 2.05) is 58.0 Å². The van der Waals surface area contributed by atoms with E-state index < -0.39 is 5.60 Å². The van der Waals surface area contributed by atoms with Crippen LogP contribution in [0.5, 0.6) is 0 Å². The normalized spacial score (nSPS) is 24.4. The summed E-state index contributed by atoms with van der Waals surface area (Å²) in [6, 6.07) is 10.0. The Hall–Kier alpha value is -0.900. The first kappa shape index (κ1) is 13.5. The molecule has 0 spiro atoms. The number of hydrogen-bond acceptors (Lipinski definition) is 2. The van der Waals surface area contributed by atoms with Gasteiger partial charge < -0.3 is 4.74 Å². The zero-order chi connectivity index (χ0) is 13.4. The predicted molar refractivity (Wildman–Crippen MR) is 70.2 cm³/mol. The Bertz CT molecular complexity index is 400. The molecule has 1 aliphatic rings. The van der Waals surface area contributed by atoms with Crippen LogP contribution in [0.25, 0.3) is 0 Å². The monoisotopic (exact) mass is 248 g/mol. The molecule has 1 aromatic carbocycles. The first-order chi connectivity index (χ1) is 8.33. The SMILES string of the molecule is CC(C)(OC1CCC(C)(C)N1[O])c1ccccc1. The van der Waals surface area contributed by atoms with Crippen LogP contribution < -0.4 is 0 Å². The molecule has 1 heterocycles. The lowest BCUT2D eigenvalue weighted by molar-refractivity contribution is -0.297. The average Bonchev–Trinajstić information content (AvgIpc) is 2.57. The molecule has 1 saturated heterocycles. The van der Waals surface area contributed by atoms with Crippen LogP contribution in [0.3, 0.4) is 0 Å². The molecule has 2 rings (SSSR count). The molecule has 0 bridgehead atoms. The molecular formula is C15H22NO2. The summed E-state index contributed by atoms with van der Waals surface area (Å²) in [7, 11) is 0. The Morgan fingerprint density at radius 3 is 2.39 bits per heavy atom. The van der Waals surface area contributed by atoms with E-state index in [-0.39, 0.29) is 11.8 Å². The van der Waals surface area contributed by atoms with Crippen molar-refractivity contribution in [1.82, 2.24) is 5.06 Å². The minimum atomic E-state index is -0.436. The van der Waals surface area contributed by atoms with Crippen LogP contribution >= 0.6 is 0 Å². The van der Waals surface area contributed by atoms with E-state index in [4.69, 9.17) is 4.74 Å². The summed E-state index contributed by atoms with van der Waals surface area (Å²) in [4.78, 5) is 0. The van der Waals surface area contributed by atoms with Gasteiger partial charge in [0.15, 0.2) is 0 Å². The molecule has 0 aliphatic carbocycles. The fraction of sp³-hybridized carbons (Fsp3) is 0.600. The van der Waals surface area contributed by atoms with E-state index in [0.29, 0.717) is 0 Å². The van der Waals surface area contributed by atoms with Gasteiger partial charge in [-0.1, -0.05) is 30.3 Å². The van der Waals surface area contributed by atoms with Crippen molar-refractivity contribution in [3.63, 3.8) is 0 Å². The lowest BCUT2D eigenvalue weighted by Gasteiger charge is -2.33. The van der Waals surface area contributed by atoms with Gasteiger partial charge >= 0.3 is 0 Å². The Morgan fingerprint density at radius 1 is 1.28 bits per heavy atom. The number of hydrogen-bond donors (Lipinski definition) is 0. The summed E-state index contributed by atoms with van der Waals surface area (Å²) in [5.74, 6) is 0. The molecule has 18 heavy (non-hydrogen) atoms. The van der Waals surface area contributed by atoms with Crippen molar-refractivity contribution >= 4 is 0 Å². The van der Waals surface area contributed by atoms with E-state index in [1.165, 1.54) is 0 Å². The Balaban J connectivity index is 2.10. The Kier molecular flexibility index (Phi) is 3.49. The minimum Gasteiger partial charge on any atom is -0.350 e. The molecule has 1 atom stereocenters. The summed E-state index contributed by atoms with van der Waals surface area (Å²) in [6.07, 6.45) is 1.34. The van der Waals surface area contributed by atoms with Crippen LogP contribution in [-0.4, -0.2) is 16.8 Å². The minimum absolute atomic E-state index is 0.308. The quantitative estimate of drug-likeness (QED) is 0.820. The number of nitrogens with zero attached hydrogens (tertiary/aromatic N) is 1. The molecular weight excluding hydrogens is 226 g/mol. The van der Waals surface area contributed by atoms with Gasteiger partial charge in [0.05, 0.1) is 5.60 Å². The van der Waals surface area contributed by atoms with E-state index in [1.54, 1.807) is 0 Å². The van der Waals surface area contributed by atoms with E-state index >= 15 is 0 Å². The third kappa shape index (κ3) is 2.58. The van der Waals surface area contributed by atoms with Gasteiger partial charge in [-0.2, -0.15) is 0 Å². The zero-order valence-corrected chi connectivity index (χ0v) is 11.6. The van der Waals surface area contributed by atoms with Gasteiger partial charge in [-0.15, -0.1) is 10.3 Å². The second-order valence-corrected chi connectivity index (χ2v) is 6.13. The summed E-state index contributed by atoms with van der Waals surface area (Å²) >= 11 is 0. The van der Waals surface area contributed by atoms with Gasteiger partial charge in [0, 0.05) is 5.54 Å². The van der Waals surface area contributed by atoms with Gasteiger partial charge in [0.2, 0.25) is 0 Å². The molecule has 3 nitrogen and oxygen atoms in total. The first-order valence-corrected chi connectivity index (χ1v) is 6.53. The van der Waals surface area contributed by atoms with Crippen LogP contribution in [0.15, 0.2) is 30.3 Å². The number of hydroxylamine groups is 2. The van der Waals surface area contributed by atoms with E-state index in [0.717, 1.165) is 23.5 Å². The lowest BCUT2D eigenvalue weighted by atomic mass is 9.98. The molecule has 1 fully saturated rings. The molecule has 0 aromatic heterocycles. The van der Waals surface area contributed by atoms with E-state index in [2.05, 4.69) is 0 Å². The second kappa shape index (κ2) is 4.65. The molecule has 1 radical (unpaired) electrons. The van der Waals surface area contributed by atoms with Crippen LogP contribution in [-0.2, 0) is 15.5 Å². The molecule has 1 unspecified atom stereocenters. The van der Waals surface area contributed by atoms with E-state index in [9.17, 15) is 5.21 Å². The molecule has 99 valence electrons. The van der Waals surface area contributed by atoms with Gasteiger partial charge in [0.25, 0.3) is 0 Å². The molecule has 1 aliphatic heterocycles. The van der Waals surface area contributed by atoms with Crippen LogP contribution in [0.2, 0.25) is 0 Å². The average molecular weight is 248 g/mol. The van der Waals surface area contributed by atoms with Crippen molar-refractivity contribution in [2.24, 2.45) is 0 Å². The zero-order valence-electron chi connectivity index (χ0n) is 11.6. The molecule has 0 N–H and O–H groups in total. The highest BCUT2D eigenvalue weighted by molar-refractivity contribution is 5.20. The number of rotatable bonds is 3. The Labute approximate surface area is 109 Å². The molecule has 3 heteroatoms. The standard InChI is InChI=1S/C15H22NO2/c1-14(2)11-10-13(16(14)17)18-15(3,4)12-8-6-5-7-9-12/h5-9,13H,10-11H2,1-4H3. The summed E-state index contributed by atoms with van der Waals surface area (Å²) in [5.41, 5.74) is 0.356. The predicted octanol–water partition coefficient (Wildman–Crippen LogP) is 3.48. The van der Waals surface area contributed by atoms with Crippen molar-refractivity contribution in [2.45, 2.75) is 57.9 Å². The maximum absolute atomic E-state index is 12.1. The Morgan fingerprint density at radius 2 is 1.89 bits per heavy atom. The van der Waals surface area contributed by atoms with Crippen LogP contribution in [0, 0.1) is 0 Å². The van der Waals surface area contributed by atoms with Crippen molar-refractivity contribution in [1.29, 1.82) is 0 Å². The summed E-state index contributed by atoms with van der Waals surface area (Å²) in [5, 5.41) is 13.2. The van der Waals surface area contributed by atoms with Gasteiger partial charge in [-0.05, 0) is 46.1 Å². The van der Waals surface area contributed by atoms with Crippen molar-refractivity contribution in [3.05, 3.63) is 35.9 Å². The fourth-order valence-corrected chi connectivity index (χ4v) is 2.45. The van der Waals surface area contributed by atoms with Gasteiger partial charge in [0.1, 0.15) is 6.23 Å². The third-order valence-electron chi connectivity index (χ3n) is 3.76. The fourth-order valence-electron chi connectivity index (χ4n) is 2.45. The number of benzene rings is 1. The van der Waals surface area contributed by atoms with Crippen molar-refractivity contribution in [3.8, 4) is 0 Å². The highest BCUT2D eigenvalue weighted by Crippen LogP contribution is 2.36. The summed E-state index contributed by atoms with van der Waals surface area (Å²) in [6.45, 7) is 7.97. The maximum Gasteiger partial charge on any atom is 0.138 e. The molecule has 0 saturated carbocycles. The summed E-state index contributed by atoms with van der Waals surface area (Å²) < 4.78 is 6.05. The maximum atomic E-state index is 12.1. The third-order valence-corrected chi connectivity index (χ3v) is 3.76. The van der Waals surface area contributed by atoms with Crippen molar-refractivity contribution in [2.75, 3.05) is 0 Å². The van der Waals surface area contributed by atoms with Gasteiger partial charge in [-0.25, -0.2) is 0 Å².